The minimum atomic E-state index is -0.0892. The number of carbonyl (C=O) groups is 1. The van der Waals surface area contributed by atoms with Gasteiger partial charge in [0.05, 0.1) is 24.1 Å². The van der Waals surface area contributed by atoms with E-state index in [-0.39, 0.29) is 17.8 Å². The summed E-state index contributed by atoms with van der Waals surface area (Å²) in [7, 11) is 0. The van der Waals surface area contributed by atoms with E-state index in [1.807, 2.05) is 23.8 Å². The van der Waals surface area contributed by atoms with Crippen molar-refractivity contribution >= 4 is 34.1 Å². The van der Waals surface area contributed by atoms with Gasteiger partial charge in [0.15, 0.2) is 10.3 Å². The summed E-state index contributed by atoms with van der Waals surface area (Å²) in [5.74, 6) is 1.04. The molecule has 0 spiro atoms. The van der Waals surface area contributed by atoms with Crippen LogP contribution in [0.4, 0.5) is 5.13 Å². The van der Waals surface area contributed by atoms with E-state index >= 15 is 0 Å². The van der Waals surface area contributed by atoms with Crippen LogP contribution in [-0.2, 0) is 16.1 Å². The van der Waals surface area contributed by atoms with Gasteiger partial charge in [0.25, 0.3) is 0 Å². The molecule has 1 amide bonds. The van der Waals surface area contributed by atoms with E-state index in [4.69, 9.17) is 4.74 Å². The van der Waals surface area contributed by atoms with Crippen molar-refractivity contribution in [3.05, 3.63) is 16.9 Å². The molecule has 124 valence electrons. The Morgan fingerprint density at radius 3 is 3.09 bits per heavy atom. The molecule has 1 aliphatic rings. The molecule has 3 heterocycles. The molecular formula is C14H19N5O2S2. The lowest BCUT2D eigenvalue weighted by Gasteiger charge is -2.13. The predicted octanol–water partition coefficient (Wildman–Crippen LogP) is 2.26. The SMILES string of the molecule is Cc1csc(NC(=O)CSc2nnc(C)n2CC2CCCO2)n1. The highest BCUT2D eigenvalue weighted by Crippen LogP contribution is 2.21. The molecule has 3 rings (SSSR count). The molecule has 1 unspecified atom stereocenters. The Labute approximate surface area is 142 Å². The number of thioether (sulfide) groups is 1. The molecule has 9 heteroatoms. The fourth-order valence-corrected chi connectivity index (χ4v) is 3.87. The van der Waals surface area contributed by atoms with E-state index in [1.165, 1.54) is 23.1 Å². The Bertz CT molecular complexity index is 679. The lowest BCUT2D eigenvalue weighted by Crippen LogP contribution is -2.18. The van der Waals surface area contributed by atoms with Gasteiger partial charge in [-0.15, -0.1) is 21.5 Å². The first-order valence-corrected chi connectivity index (χ1v) is 9.34. The van der Waals surface area contributed by atoms with Crippen LogP contribution in [0, 0.1) is 13.8 Å². The molecule has 1 saturated heterocycles. The largest absolute Gasteiger partial charge is 0.376 e. The zero-order valence-electron chi connectivity index (χ0n) is 13.1. The minimum absolute atomic E-state index is 0.0892. The molecule has 0 bridgehead atoms. The number of anilines is 1. The van der Waals surface area contributed by atoms with E-state index in [0.717, 1.165) is 42.7 Å². The molecule has 7 nitrogen and oxygen atoms in total. The number of carbonyl (C=O) groups excluding carboxylic acids is 1. The zero-order chi connectivity index (χ0) is 16.2. The summed E-state index contributed by atoms with van der Waals surface area (Å²) in [6.45, 7) is 5.39. The van der Waals surface area contributed by atoms with Crippen molar-refractivity contribution in [3.63, 3.8) is 0 Å². The second-order valence-corrected chi connectivity index (χ2v) is 7.21. The van der Waals surface area contributed by atoms with Gasteiger partial charge in [-0.05, 0) is 26.7 Å². The number of hydrogen-bond acceptors (Lipinski definition) is 7. The van der Waals surface area contributed by atoms with Crippen LogP contribution < -0.4 is 5.32 Å². The first-order chi connectivity index (χ1) is 11.1. The van der Waals surface area contributed by atoms with Crippen molar-refractivity contribution < 1.29 is 9.53 Å². The molecule has 1 atom stereocenters. The molecule has 0 aromatic carbocycles. The molecule has 0 aliphatic carbocycles. The minimum Gasteiger partial charge on any atom is -0.376 e. The molecule has 2 aromatic heterocycles. The Morgan fingerprint density at radius 1 is 1.52 bits per heavy atom. The summed E-state index contributed by atoms with van der Waals surface area (Å²) in [5.41, 5.74) is 0.907. The summed E-state index contributed by atoms with van der Waals surface area (Å²) in [6, 6.07) is 0. The van der Waals surface area contributed by atoms with E-state index < -0.39 is 0 Å². The topological polar surface area (TPSA) is 81.9 Å². The van der Waals surface area contributed by atoms with Gasteiger partial charge in [-0.2, -0.15) is 0 Å². The number of aromatic nitrogens is 4. The van der Waals surface area contributed by atoms with Crippen molar-refractivity contribution in [3.8, 4) is 0 Å². The lowest BCUT2D eigenvalue weighted by molar-refractivity contribution is -0.113. The molecule has 23 heavy (non-hydrogen) atoms. The fraction of sp³-hybridized carbons (Fsp3) is 0.571. The maximum absolute atomic E-state index is 12.0. The predicted molar refractivity (Wildman–Crippen MR) is 89.9 cm³/mol. The summed E-state index contributed by atoms with van der Waals surface area (Å²) >= 11 is 2.81. The third-order valence-electron chi connectivity index (χ3n) is 3.51. The Balaban J connectivity index is 1.56. The Kier molecular flexibility index (Phi) is 5.29. The van der Waals surface area contributed by atoms with Gasteiger partial charge >= 0.3 is 0 Å². The molecule has 0 saturated carbocycles. The lowest BCUT2D eigenvalue weighted by atomic mass is 10.2. The summed E-state index contributed by atoms with van der Waals surface area (Å²) < 4.78 is 7.70. The molecule has 2 aromatic rings. The number of amides is 1. The highest BCUT2D eigenvalue weighted by Gasteiger charge is 2.20. The monoisotopic (exact) mass is 353 g/mol. The number of thiazole rings is 1. The summed E-state index contributed by atoms with van der Waals surface area (Å²) in [5, 5.41) is 14.4. The number of nitrogens with one attached hydrogen (secondary N) is 1. The van der Waals surface area contributed by atoms with Crippen LogP contribution in [0.2, 0.25) is 0 Å². The van der Waals surface area contributed by atoms with Gasteiger partial charge < -0.3 is 14.6 Å². The zero-order valence-corrected chi connectivity index (χ0v) is 14.7. The third kappa shape index (κ3) is 4.30. The average Bonchev–Trinajstić information content (AvgIpc) is 3.23. The van der Waals surface area contributed by atoms with Crippen molar-refractivity contribution in [2.45, 2.75) is 44.5 Å². The van der Waals surface area contributed by atoms with Crippen LogP contribution in [0.15, 0.2) is 10.5 Å². The standard InChI is InChI=1S/C14H19N5O2S2/c1-9-7-22-13(15-9)16-12(20)8-23-14-18-17-10(2)19(14)6-11-4-3-5-21-11/h7,11H,3-6,8H2,1-2H3,(H,15,16,20). The van der Waals surface area contributed by atoms with Crippen LogP contribution in [0.1, 0.15) is 24.4 Å². The molecule has 0 radical (unpaired) electrons. The van der Waals surface area contributed by atoms with Crippen LogP contribution in [-0.4, -0.2) is 44.1 Å². The number of nitrogens with zero attached hydrogens (tertiary/aromatic N) is 4. The number of ether oxygens (including phenoxy) is 1. The van der Waals surface area contributed by atoms with Gasteiger partial charge in [-0.25, -0.2) is 4.98 Å². The maximum atomic E-state index is 12.0. The van der Waals surface area contributed by atoms with Crippen LogP contribution in [0.3, 0.4) is 0 Å². The number of hydrogen-bond donors (Lipinski definition) is 1. The normalized spacial score (nSPS) is 17.6. The van der Waals surface area contributed by atoms with Crippen LogP contribution in [0.5, 0.6) is 0 Å². The van der Waals surface area contributed by atoms with Gasteiger partial charge in [0.1, 0.15) is 5.82 Å². The second kappa shape index (κ2) is 7.41. The second-order valence-electron chi connectivity index (χ2n) is 5.41. The van der Waals surface area contributed by atoms with Gasteiger partial charge in [0.2, 0.25) is 5.91 Å². The third-order valence-corrected chi connectivity index (χ3v) is 5.35. The Morgan fingerprint density at radius 2 is 2.39 bits per heavy atom. The summed E-state index contributed by atoms with van der Waals surface area (Å²) in [6.07, 6.45) is 2.38. The first-order valence-electron chi connectivity index (χ1n) is 7.48. The van der Waals surface area contributed by atoms with Gasteiger partial charge in [-0.3, -0.25) is 4.79 Å². The van der Waals surface area contributed by atoms with Crippen molar-refractivity contribution in [1.82, 2.24) is 19.7 Å². The van der Waals surface area contributed by atoms with E-state index in [9.17, 15) is 4.79 Å². The highest BCUT2D eigenvalue weighted by atomic mass is 32.2. The van der Waals surface area contributed by atoms with Gasteiger partial charge in [0, 0.05) is 12.0 Å². The smallest absolute Gasteiger partial charge is 0.236 e. The van der Waals surface area contributed by atoms with E-state index in [2.05, 4.69) is 20.5 Å². The highest BCUT2D eigenvalue weighted by molar-refractivity contribution is 7.99. The Hall–Kier alpha value is -1.45. The van der Waals surface area contributed by atoms with Crippen molar-refractivity contribution in [2.75, 3.05) is 17.7 Å². The van der Waals surface area contributed by atoms with E-state index in [1.54, 1.807) is 0 Å². The molecule has 1 N–H and O–H groups in total. The average molecular weight is 353 g/mol. The molecular weight excluding hydrogens is 334 g/mol. The molecule has 1 aliphatic heterocycles. The summed E-state index contributed by atoms with van der Waals surface area (Å²) in [4.78, 5) is 16.2. The fourth-order valence-electron chi connectivity index (χ4n) is 2.37. The van der Waals surface area contributed by atoms with Crippen LogP contribution >= 0.6 is 23.1 Å². The quantitative estimate of drug-likeness (QED) is 0.802. The maximum Gasteiger partial charge on any atom is 0.236 e. The van der Waals surface area contributed by atoms with E-state index in [0.29, 0.717) is 5.13 Å². The number of rotatable bonds is 6. The first kappa shape index (κ1) is 16.4. The number of aryl methyl sites for hydroxylation is 2. The van der Waals surface area contributed by atoms with Crippen molar-refractivity contribution in [1.29, 1.82) is 0 Å². The van der Waals surface area contributed by atoms with Crippen LogP contribution in [0.25, 0.3) is 0 Å². The van der Waals surface area contributed by atoms with Gasteiger partial charge in [-0.1, -0.05) is 11.8 Å². The molecule has 1 fully saturated rings. The van der Waals surface area contributed by atoms with Crippen molar-refractivity contribution in [2.24, 2.45) is 0 Å².